The van der Waals surface area contributed by atoms with E-state index in [0.29, 0.717) is 5.46 Å². The van der Waals surface area contributed by atoms with Crippen LogP contribution >= 0.6 is 0 Å². The summed E-state index contributed by atoms with van der Waals surface area (Å²) in [4.78, 5) is 0. The van der Waals surface area contributed by atoms with Crippen molar-refractivity contribution < 1.29 is 10.0 Å². The van der Waals surface area contributed by atoms with Gasteiger partial charge in [-0.1, -0.05) is 127 Å². The van der Waals surface area contributed by atoms with Gasteiger partial charge in [0.1, 0.15) is 0 Å². The molecule has 8 aromatic rings. The standard InChI is InChI=1S/C36H23BO2/c38-37(39)26-18-14-24(15-19-26)34-27-8-1-3-10-29(27)36(30-11-4-2-9-28(30)34)32-21-17-25-13-12-22-6-5-7-23-16-20-31(32)35(25)33(22)23/h1-21,38-39H. The number of hydrogen-bond acceptors (Lipinski definition) is 2. The molecular weight excluding hydrogens is 475 g/mol. The first kappa shape index (κ1) is 22.3. The maximum absolute atomic E-state index is 9.64. The van der Waals surface area contributed by atoms with Crippen molar-refractivity contribution in [1.82, 2.24) is 0 Å². The molecule has 0 bridgehead atoms. The van der Waals surface area contributed by atoms with Crippen molar-refractivity contribution in [2.75, 3.05) is 0 Å². The highest BCUT2D eigenvalue weighted by molar-refractivity contribution is 6.58. The fourth-order valence-electron chi connectivity index (χ4n) is 6.50. The first-order valence-corrected chi connectivity index (χ1v) is 13.3. The van der Waals surface area contributed by atoms with E-state index < -0.39 is 7.12 Å². The third-order valence-corrected chi connectivity index (χ3v) is 8.23. The summed E-state index contributed by atoms with van der Waals surface area (Å²) in [5, 5.41) is 31.7. The molecule has 0 saturated carbocycles. The second-order valence-corrected chi connectivity index (χ2v) is 10.3. The van der Waals surface area contributed by atoms with Gasteiger partial charge in [0.25, 0.3) is 0 Å². The highest BCUT2D eigenvalue weighted by atomic mass is 16.4. The molecule has 0 amide bonds. The Balaban J connectivity index is 1.52. The molecule has 0 aliphatic carbocycles. The van der Waals surface area contributed by atoms with Crippen LogP contribution in [0, 0.1) is 0 Å². The third-order valence-electron chi connectivity index (χ3n) is 8.23. The van der Waals surface area contributed by atoms with E-state index in [2.05, 4.69) is 103 Å². The van der Waals surface area contributed by atoms with Gasteiger partial charge in [0.05, 0.1) is 0 Å². The number of benzene rings is 8. The zero-order valence-corrected chi connectivity index (χ0v) is 21.1. The van der Waals surface area contributed by atoms with Crippen molar-refractivity contribution in [3.05, 3.63) is 127 Å². The fraction of sp³-hybridized carbons (Fsp3) is 0. The van der Waals surface area contributed by atoms with Crippen LogP contribution in [0.1, 0.15) is 0 Å². The topological polar surface area (TPSA) is 40.5 Å². The lowest BCUT2D eigenvalue weighted by Gasteiger charge is -2.20. The Bertz CT molecular complexity index is 2120. The van der Waals surface area contributed by atoms with Crippen LogP contribution in [-0.2, 0) is 0 Å². The third kappa shape index (κ3) is 3.24. The summed E-state index contributed by atoms with van der Waals surface area (Å²) in [6.07, 6.45) is 0. The summed E-state index contributed by atoms with van der Waals surface area (Å²) in [5.41, 5.74) is 5.16. The summed E-state index contributed by atoms with van der Waals surface area (Å²) in [6.45, 7) is 0. The summed E-state index contributed by atoms with van der Waals surface area (Å²) < 4.78 is 0. The minimum absolute atomic E-state index is 0.484. The van der Waals surface area contributed by atoms with Gasteiger partial charge >= 0.3 is 7.12 Å². The van der Waals surface area contributed by atoms with Crippen LogP contribution < -0.4 is 5.46 Å². The van der Waals surface area contributed by atoms with Crippen molar-refractivity contribution >= 4 is 66.4 Å². The molecule has 0 aliphatic rings. The Hall–Kier alpha value is -4.70. The maximum atomic E-state index is 9.64. The van der Waals surface area contributed by atoms with Crippen LogP contribution in [0.5, 0.6) is 0 Å². The highest BCUT2D eigenvalue weighted by Crippen LogP contribution is 2.47. The van der Waals surface area contributed by atoms with E-state index in [0.717, 1.165) is 11.1 Å². The lowest BCUT2D eigenvalue weighted by molar-refractivity contribution is 0.426. The molecule has 0 fully saturated rings. The molecule has 0 unspecified atom stereocenters. The molecule has 0 spiro atoms. The molecule has 0 aliphatic heterocycles. The largest absolute Gasteiger partial charge is 0.488 e. The van der Waals surface area contributed by atoms with Gasteiger partial charge in [-0.2, -0.15) is 0 Å². The number of hydrogen-bond donors (Lipinski definition) is 2. The SMILES string of the molecule is OB(O)c1ccc(-c2c3ccccc3c(-c3ccc4ccc5cccc6ccc3c4c56)c3ccccc23)cc1. The predicted octanol–water partition coefficient (Wildman–Crippen LogP) is 7.90. The van der Waals surface area contributed by atoms with E-state index in [9.17, 15) is 10.0 Å². The van der Waals surface area contributed by atoms with Crippen LogP contribution in [0.3, 0.4) is 0 Å². The average molecular weight is 498 g/mol. The number of rotatable bonds is 3. The Morgan fingerprint density at radius 2 is 0.897 bits per heavy atom. The van der Waals surface area contributed by atoms with Crippen molar-refractivity contribution in [3.63, 3.8) is 0 Å². The van der Waals surface area contributed by atoms with Gasteiger partial charge in [-0.15, -0.1) is 0 Å². The molecule has 0 saturated heterocycles. The molecule has 182 valence electrons. The van der Waals surface area contributed by atoms with Gasteiger partial charge in [-0.25, -0.2) is 0 Å². The van der Waals surface area contributed by atoms with Crippen LogP contribution in [0.4, 0.5) is 0 Å². The normalized spacial score (nSPS) is 11.8. The van der Waals surface area contributed by atoms with Crippen LogP contribution in [-0.4, -0.2) is 17.2 Å². The van der Waals surface area contributed by atoms with Crippen molar-refractivity contribution in [2.45, 2.75) is 0 Å². The van der Waals surface area contributed by atoms with E-state index in [1.807, 2.05) is 12.1 Å². The minimum Gasteiger partial charge on any atom is -0.423 e. The Morgan fingerprint density at radius 3 is 1.49 bits per heavy atom. The molecule has 0 heterocycles. The zero-order chi connectivity index (χ0) is 26.1. The Morgan fingerprint density at radius 1 is 0.385 bits per heavy atom. The Kier molecular flexibility index (Phi) is 4.81. The van der Waals surface area contributed by atoms with Gasteiger partial charge in [0.15, 0.2) is 0 Å². The molecule has 0 aromatic heterocycles. The summed E-state index contributed by atoms with van der Waals surface area (Å²) in [7, 11) is -1.48. The minimum atomic E-state index is -1.48. The molecule has 2 N–H and O–H groups in total. The summed E-state index contributed by atoms with van der Waals surface area (Å²) in [5.74, 6) is 0. The molecule has 2 nitrogen and oxygen atoms in total. The second-order valence-electron chi connectivity index (χ2n) is 10.3. The second kappa shape index (κ2) is 8.41. The molecule has 8 aromatic carbocycles. The van der Waals surface area contributed by atoms with Gasteiger partial charge < -0.3 is 10.0 Å². The number of fused-ring (bicyclic) bond motifs is 2. The first-order chi connectivity index (χ1) is 19.2. The van der Waals surface area contributed by atoms with Crippen LogP contribution in [0.2, 0.25) is 0 Å². The highest BCUT2D eigenvalue weighted by Gasteiger charge is 2.20. The molecular formula is C36H23BO2. The van der Waals surface area contributed by atoms with Crippen molar-refractivity contribution in [3.8, 4) is 22.3 Å². The van der Waals surface area contributed by atoms with E-state index in [4.69, 9.17) is 0 Å². The average Bonchev–Trinajstić information content (AvgIpc) is 2.99. The van der Waals surface area contributed by atoms with Crippen molar-refractivity contribution in [2.24, 2.45) is 0 Å². The van der Waals surface area contributed by atoms with E-state index in [1.54, 1.807) is 12.1 Å². The van der Waals surface area contributed by atoms with Gasteiger partial charge in [-0.05, 0) is 81.6 Å². The van der Waals surface area contributed by atoms with Gasteiger partial charge in [-0.3, -0.25) is 0 Å². The quantitative estimate of drug-likeness (QED) is 0.148. The van der Waals surface area contributed by atoms with E-state index >= 15 is 0 Å². The van der Waals surface area contributed by atoms with Crippen LogP contribution in [0.15, 0.2) is 127 Å². The molecule has 0 atom stereocenters. The Labute approximate surface area is 225 Å². The summed E-state index contributed by atoms with van der Waals surface area (Å²) in [6, 6.07) is 44.9. The lowest BCUT2D eigenvalue weighted by Crippen LogP contribution is -2.29. The van der Waals surface area contributed by atoms with Gasteiger partial charge in [0, 0.05) is 0 Å². The van der Waals surface area contributed by atoms with E-state index in [-0.39, 0.29) is 0 Å². The zero-order valence-electron chi connectivity index (χ0n) is 21.1. The van der Waals surface area contributed by atoms with E-state index in [1.165, 1.54) is 65.0 Å². The monoisotopic (exact) mass is 498 g/mol. The van der Waals surface area contributed by atoms with Crippen LogP contribution in [0.25, 0.3) is 76.1 Å². The summed E-state index contributed by atoms with van der Waals surface area (Å²) >= 11 is 0. The van der Waals surface area contributed by atoms with Crippen molar-refractivity contribution in [1.29, 1.82) is 0 Å². The first-order valence-electron chi connectivity index (χ1n) is 13.3. The molecule has 0 radical (unpaired) electrons. The molecule has 39 heavy (non-hydrogen) atoms. The maximum Gasteiger partial charge on any atom is 0.488 e. The lowest BCUT2D eigenvalue weighted by atomic mass is 9.79. The molecule has 3 heteroatoms. The smallest absolute Gasteiger partial charge is 0.423 e. The predicted molar refractivity (Wildman–Crippen MR) is 166 cm³/mol. The molecule has 8 rings (SSSR count). The fourth-order valence-corrected chi connectivity index (χ4v) is 6.50. The van der Waals surface area contributed by atoms with Gasteiger partial charge in [0.2, 0.25) is 0 Å².